The standard InChI is InChI=1S/C21H27ClN2O3S/c1-13-10-15(3)20(11-14(13)2)16(4)23-21(25)17(5)24(28(6,26)27)19-9-7-8-18(22)12-19/h7-12,16-17H,1-6H3,(H,23,25)/t16-,17+/m1/s1. The number of benzene rings is 2. The molecule has 28 heavy (non-hydrogen) atoms. The van der Waals surface area contributed by atoms with Crippen molar-refractivity contribution in [2.45, 2.75) is 46.7 Å². The number of carbonyl (C=O) groups is 1. The highest BCUT2D eigenvalue weighted by Crippen LogP contribution is 2.25. The predicted octanol–water partition coefficient (Wildman–Crippen LogP) is 4.30. The maximum Gasteiger partial charge on any atom is 0.244 e. The zero-order chi connectivity index (χ0) is 21.2. The van der Waals surface area contributed by atoms with Crippen molar-refractivity contribution in [3.05, 3.63) is 63.7 Å². The van der Waals surface area contributed by atoms with Crippen molar-refractivity contribution in [1.82, 2.24) is 5.32 Å². The molecule has 1 amide bonds. The van der Waals surface area contributed by atoms with Gasteiger partial charge in [-0.25, -0.2) is 8.42 Å². The van der Waals surface area contributed by atoms with Gasteiger partial charge >= 0.3 is 0 Å². The van der Waals surface area contributed by atoms with Gasteiger partial charge in [0.1, 0.15) is 6.04 Å². The molecule has 2 atom stereocenters. The lowest BCUT2D eigenvalue weighted by Crippen LogP contribution is -2.48. The van der Waals surface area contributed by atoms with E-state index in [1.54, 1.807) is 25.1 Å². The average Bonchev–Trinajstić information content (AvgIpc) is 2.56. The number of anilines is 1. The minimum absolute atomic E-state index is 0.255. The Kier molecular flexibility index (Phi) is 6.78. The molecular formula is C21H27ClN2O3S. The smallest absolute Gasteiger partial charge is 0.244 e. The number of halogens is 1. The first kappa shape index (κ1) is 22.2. The SMILES string of the molecule is Cc1cc(C)c([C@@H](C)NC(=O)[C@H](C)N(c2cccc(Cl)c2)S(C)(=O)=O)cc1C. The molecule has 152 valence electrons. The van der Waals surface area contributed by atoms with Gasteiger partial charge in [-0.3, -0.25) is 9.10 Å². The van der Waals surface area contributed by atoms with Crippen LogP contribution >= 0.6 is 11.6 Å². The van der Waals surface area contributed by atoms with Gasteiger partial charge in [0.15, 0.2) is 0 Å². The van der Waals surface area contributed by atoms with E-state index in [1.165, 1.54) is 11.6 Å². The highest BCUT2D eigenvalue weighted by molar-refractivity contribution is 7.92. The van der Waals surface area contributed by atoms with E-state index >= 15 is 0 Å². The van der Waals surface area contributed by atoms with Crippen LogP contribution in [0.15, 0.2) is 36.4 Å². The monoisotopic (exact) mass is 422 g/mol. The number of rotatable bonds is 6. The van der Waals surface area contributed by atoms with Crippen LogP contribution in [-0.2, 0) is 14.8 Å². The van der Waals surface area contributed by atoms with E-state index in [1.807, 2.05) is 27.7 Å². The summed E-state index contributed by atoms with van der Waals surface area (Å²) in [5.41, 5.74) is 4.78. The van der Waals surface area contributed by atoms with Crippen LogP contribution < -0.4 is 9.62 Å². The van der Waals surface area contributed by atoms with E-state index in [9.17, 15) is 13.2 Å². The van der Waals surface area contributed by atoms with Gasteiger partial charge in [-0.05, 0) is 75.1 Å². The first-order chi connectivity index (χ1) is 12.9. The Balaban J connectivity index is 2.30. The molecule has 0 unspecified atom stereocenters. The predicted molar refractivity (Wildman–Crippen MR) is 115 cm³/mol. The van der Waals surface area contributed by atoms with Gasteiger partial charge in [0, 0.05) is 5.02 Å². The van der Waals surface area contributed by atoms with Crippen LogP contribution in [0.4, 0.5) is 5.69 Å². The highest BCUT2D eigenvalue weighted by atomic mass is 35.5. The molecule has 0 aliphatic rings. The first-order valence-electron chi connectivity index (χ1n) is 9.05. The normalized spacial score (nSPS) is 13.7. The maximum absolute atomic E-state index is 12.9. The molecule has 2 rings (SSSR count). The Morgan fingerprint density at radius 2 is 1.64 bits per heavy atom. The first-order valence-corrected chi connectivity index (χ1v) is 11.3. The van der Waals surface area contributed by atoms with E-state index in [-0.39, 0.29) is 11.9 Å². The molecule has 1 N–H and O–H groups in total. The van der Waals surface area contributed by atoms with E-state index in [2.05, 4.69) is 17.4 Å². The van der Waals surface area contributed by atoms with Crippen LogP contribution in [0.1, 0.15) is 42.1 Å². The molecule has 2 aromatic carbocycles. The van der Waals surface area contributed by atoms with Gasteiger partial charge in [0.25, 0.3) is 0 Å². The van der Waals surface area contributed by atoms with Crippen molar-refractivity contribution in [2.24, 2.45) is 0 Å². The molecule has 5 nitrogen and oxygen atoms in total. The summed E-state index contributed by atoms with van der Waals surface area (Å²) < 4.78 is 25.9. The number of hydrogen-bond donors (Lipinski definition) is 1. The molecule has 0 aliphatic carbocycles. The number of hydrogen-bond acceptors (Lipinski definition) is 3. The molecule has 0 bridgehead atoms. The number of aryl methyl sites for hydroxylation is 3. The Bertz CT molecular complexity index is 989. The van der Waals surface area contributed by atoms with Crippen molar-refractivity contribution in [3.63, 3.8) is 0 Å². The Labute approximate surface area is 172 Å². The quantitative estimate of drug-likeness (QED) is 0.754. The van der Waals surface area contributed by atoms with Crippen molar-refractivity contribution in [2.75, 3.05) is 10.6 Å². The fourth-order valence-corrected chi connectivity index (χ4v) is 4.63. The Morgan fingerprint density at radius 3 is 2.21 bits per heavy atom. The van der Waals surface area contributed by atoms with Gasteiger partial charge < -0.3 is 5.32 Å². The third-order valence-electron chi connectivity index (χ3n) is 4.86. The summed E-state index contributed by atoms with van der Waals surface area (Å²) in [4.78, 5) is 12.9. The second-order valence-corrected chi connectivity index (χ2v) is 9.53. The minimum Gasteiger partial charge on any atom is -0.348 e. The van der Waals surface area contributed by atoms with Gasteiger partial charge in [-0.1, -0.05) is 29.8 Å². The van der Waals surface area contributed by atoms with E-state index in [4.69, 9.17) is 11.6 Å². The lowest BCUT2D eigenvalue weighted by atomic mass is 9.96. The second kappa shape index (κ2) is 8.53. The number of sulfonamides is 1. The van der Waals surface area contributed by atoms with Crippen LogP contribution in [0.3, 0.4) is 0 Å². The third-order valence-corrected chi connectivity index (χ3v) is 6.34. The summed E-state index contributed by atoms with van der Waals surface area (Å²) in [6, 6.07) is 9.42. The van der Waals surface area contributed by atoms with Crippen LogP contribution in [-0.4, -0.2) is 26.6 Å². The van der Waals surface area contributed by atoms with Crippen LogP contribution in [0.5, 0.6) is 0 Å². The molecule has 0 aromatic heterocycles. The third kappa shape index (κ3) is 5.06. The van der Waals surface area contributed by atoms with E-state index in [0.717, 1.165) is 27.3 Å². The molecule has 2 aromatic rings. The Morgan fingerprint density at radius 1 is 1.04 bits per heavy atom. The Hall–Kier alpha value is -2.05. The molecule has 0 fully saturated rings. The summed E-state index contributed by atoms with van der Waals surface area (Å²) in [5, 5.41) is 3.34. The van der Waals surface area contributed by atoms with Crippen molar-refractivity contribution in [3.8, 4) is 0 Å². The minimum atomic E-state index is -3.69. The summed E-state index contributed by atoms with van der Waals surface area (Å²) in [6.07, 6.45) is 1.08. The number of carbonyl (C=O) groups excluding carboxylic acids is 1. The molecule has 0 radical (unpaired) electrons. The summed E-state index contributed by atoms with van der Waals surface area (Å²) in [6.45, 7) is 9.54. The van der Waals surface area contributed by atoms with Gasteiger partial charge in [-0.15, -0.1) is 0 Å². The molecule has 0 heterocycles. The van der Waals surface area contributed by atoms with Crippen LogP contribution in [0.25, 0.3) is 0 Å². The van der Waals surface area contributed by atoms with Gasteiger partial charge in [0.05, 0.1) is 18.0 Å². The lowest BCUT2D eigenvalue weighted by molar-refractivity contribution is -0.122. The van der Waals surface area contributed by atoms with Crippen molar-refractivity contribution in [1.29, 1.82) is 0 Å². The van der Waals surface area contributed by atoms with Crippen LogP contribution in [0, 0.1) is 20.8 Å². The van der Waals surface area contributed by atoms with Gasteiger partial charge in [-0.2, -0.15) is 0 Å². The molecule has 7 heteroatoms. The van der Waals surface area contributed by atoms with Gasteiger partial charge in [0.2, 0.25) is 15.9 Å². The molecule has 0 saturated heterocycles. The fourth-order valence-electron chi connectivity index (χ4n) is 3.28. The molecule has 0 spiro atoms. The number of nitrogens with one attached hydrogen (secondary N) is 1. The number of nitrogens with zero attached hydrogens (tertiary/aromatic N) is 1. The summed E-state index contributed by atoms with van der Waals surface area (Å²) in [7, 11) is -3.69. The second-order valence-electron chi connectivity index (χ2n) is 7.24. The van der Waals surface area contributed by atoms with E-state index < -0.39 is 16.1 Å². The molecule has 0 saturated carbocycles. The van der Waals surface area contributed by atoms with Crippen molar-refractivity contribution >= 4 is 33.2 Å². The topological polar surface area (TPSA) is 66.5 Å². The highest BCUT2D eigenvalue weighted by Gasteiger charge is 2.30. The molecule has 0 aliphatic heterocycles. The lowest BCUT2D eigenvalue weighted by Gasteiger charge is -2.29. The van der Waals surface area contributed by atoms with Crippen molar-refractivity contribution < 1.29 is 13.2 Å². The largest absolute Gasteiger partial charge is 0.348 e. The summed E-state index contributed by atoms with van der Waals surface area (Å²) in [5.74, 6) is -0.379. The van der Waals surface area contributed by atoms with E-state index in [0.29, 0.717) is 10.7 Å². The number of amides is 1. The summed E-state index contributed by atoms with van der Waals surface area (Å²) >= 11 is 6.01. The zero-order valence-corrected chi connectivity index (χ0v) is 18.6. The molecular weight excluding hydrogens is 396 g/mol. The fraction of sp³-hybridized carbons (Fsp3) is 0.381. The zero-order valence-electron chi connectivity index (χ0n) is 17.1. The maximum atomic E-state index is 12.9. The average molecular weight is 423 g/mol. The van der Waals surface area contributed by atoms with Crippen LogP contribution in [0.2, 0.25) is 5.02 Å².